The van der Waals surface area contributed by atoms with Crippen LogP contribution in [0.4, 0.5) is 5.82 Å². The lowest BCUT2D eigenvalue weighted by molar-refractivity contribution is 1.29. The fourth-order valence-corrected chi connectivity index (χ4v) is 1.35. The first-order valence-electron chi connectivity index (χ1n) is 3.49. The monoisotopic (exact) mass is 177 g/mol. The maximum absolute atomic E-state index is 5.92. The van der Waals surface area contributed by atoms with Gasteiger partial charge < -0.3 is 5.73 Å². The zero-order valence-corrected chi connectivity index (χ0v) is 6.97. The van der Waals surface area contributed by atoms with Crippen molar-refractivity contribution >= 4 is 29.6 Å². The van der Waals surface area contributed by atoms with Crippen LogP contribution in [0.15, 0.2) is 12.1 Å². The van der Waals surface area contributed by atoms with E-state index in [1.165, 1.54) is 0 Å². The molecule has 58 valence electrons. The number of hydrogen-bond donors (Lipinski definition) is 1. The number of anilines is 1. The highest BCUT2D eigenvalue weighted by molar-refractivity contribution is 6.32. The van der Waals surface area contributed by atoms with Crippen LogP contribution in [0.1, 0.15) is 11.3 Å². The Balaban J connectivity index is 2.71. The number of halogens is 1. The van der Waals surface area contributed by atoms with Gasteiger partial charge >= 0.3 is 0 Å². The molecule has 3 heteroatoms. The van der Waals surface area contributed by atoms with Gasteiger partial charge in [-0.15, -0.1) is 0 Å². The largest absolute Gasteiger partial charge is 0.384 e. The Morgan fingerprint density at radius 2 is 2.33 bits per heavy atom. The van der Waals surface area contributed by atoms with Crippen molar-refractivity contribution in [3.8, 4) is 0 Å². The number of hydrogen-bond acceptors (Lipinski definition) is 2. The third kappa shape index (κ3) is 1.07. The summed E-state index contributed by atoms with van der Waals surface area (Å²) in [5, 5.41) is 0.620. The molecule has 0 aromatic carbocycles. The van der Waals surface area contributed by atoms with Crippen molar-refractivity contribution < 1.29 is 0 Å². The van der Waals surface area contributed by atoms with E-state index in [-0.39, 0.29) is 0 Å². The van der Waals surface area contributed by atoms with E-state index in [1.54, 1.807) is 18.2 Å². The third-order valence-electron chi connectivity index (χ3n) is 1.62. The summed E-state index contributed by atoms with van der Waals surface area (Å²) < 4.78 is 0. The highest BCUT2D eigenvalue weighted by atomic mass is 35.5. The first-order chi connectivity index (χ1) is 5.77. The van der Waals surface area contributed by atoms with Crippen LogP contribution < -0.4 is 5.73 Å². The number of pyridine rings is 1. The molecule has 1 aliphatic rings. The van der Waals surface area contributed by atoms with Crippen LogP contribution in [0.25, 0.3) is 12.2 Å². The van der Waals surface area contributed by atoms with Gasteiger partial charge in [0.2, 0.25) is 0 Å². The zero-order valence-electron chi connectivity index (χ0n) is 6.21. The predicted octanol–water partition coefficient (Wildman–Crippen LogP) is 2.16. The summed E-state index contributed by atoms with van der Waals surface area (Å²) in [6.07, 6.45) is 8.34. The Morgan fingerprint density at radius 3 is 3.17 bits per heavy atom. The van der Waals surface area contributed by atoms with Crippen molar-refractivity contribution in [3.63, 3.8) is 0 Å². The average molecular weight is 178 g/mol. The first kappa shape index (κ1) is 7.29. The van der Waals surface area contributed by atoms with Crippen LogP contribution >= 0.6 is 11.6 Å². The average Bonchev–Trinajstić information content (AvgIpc) is 2.04. The molecule has 0 fully saturated rings. The van der Waals surface area contributed by atoms with E-state index < -0.39 is 0 Å². The van der Waals surface area contributed by atoms with E-state index >= 15 is 0 Å². The van der Waals surface area contributed by atoms with Gasteiger partial charge in [0.05, 0.1) is 6.08 Å². The molecular weight excluding hydrogens is 172 g/mol. The molecule has 1 aromatic rings. The molecule has 12 heavy (non-hydrogen) atoms. The van der Waals surface area contributed by atoms with Gasteiger partial charge in [0, 0.05) is 12.1 Å². The topological polar surface area (TPSA) is 38.9 Å². The predicted molar refractivity (Wildman–Crippen MR) is 50.4 cm³/mol. The summed E-state index contributed by atoms with van der Waals surface area (Å²) >= 11 is 5.92. The molecule has 0 spiro atoms. The van der Waals surface area contributed by atoms with Crippen molar-refractivity contribution in [1.29, 1.82) is 0 Å². The number of rotatable bonds is 0. The van der Waals surface area contributed by atoms with Gasteiger partial charge in [0.1, 0.15) is 28.6 Å². The van der Waals surface area contributed by atoms with E-state index in [4.69, 9.17) is 17.3 Å². The molecule has 1 aromatic heterocycles. The fourth-order valence-electron chi connectivity index (χ4n) is 1.09. The highest BCUT2D eigenvalue weighted by Gasteiger charge is 2.15. The van der Waals surface area contributed by atoms with Gasteiger partial charge in [-0.05, 0) is 0 Å². The number of nitrogens with zero attached hydrogens (tertiary/aromatic N) is 1. The maximum atomic E-state index is 5.92. The summed E-state index contributed by atoms with van der Waals surface area (Å²) in [6.45, 7) is 0. The van der Waals surface area contributed by atoms with Crippen molar-refractivity contribution in [1.82, 2.24) is 4.98 Å². The minimum absolute atomic E-state index is 0.443. The van der Waals surface area contributed by atoms with Crippen LogP contribution in [-0.4, -0.2) is 4.98 Å². The molecule has 0 unspecified atom stereocenters. The molecule has 0 amide bonds. The lowest BCUT2D eigenvalue weighted by Gasteiger charge is -1.99. The third-order valence-corrected chi connectivity index (χ3v) is 1.94. The molecular formula is C9H6ClN2+. The molecule has 2 N–H and O–H groups in total. The smallest absolute Gasteiger partial charge is 0.185 e. The Labute approximate surface area is 75.4 Å². The highest BCUT2D eigenvalue weighted by Crippen LogP contribution is 2.25. The molecule has 1 heterocycles. The van der Waals surface area contributed by atoms with E-state index in [2.05, 4.69) is 11.1 Å². The summed E-state index contributed by atoms with van der Waals surface area (Å²) in [4.78, 5) is 4.11. The Morgan fingerprint density at radius 1 is 1.50 bits per heavy atom. The lowest BCUT2D eigenvalue weighted by atomic mass is 10.1. The summed E-state index contributed by atoms with van der Waals surface area (Å²) in [5.41, 5.74) is 7.21. The number of nitrogen functional groups attached to an aromatic ring is 1. The molecule has 1 aliphatic carbocycles. The van der Waals surface area contributed by atoms with E-state index in [0.717, 1.165) is 11.3 Å². The Hall–Kier alpha value is -1.37. The zero-order chi connectivity index (χ0) is 8.55. The lowest BCUT2D eigenvalue weighted by Crippen LogP contribution is -1.96. The standard InChI is InChI=1S/C9H6ClN2/c10-7-5-9(11)12-8-4-2-1-3-6(7)8/h2-5H,(H2,11,12)/q+1. The van der Waals surface area contributed by atoms with Crippen molar-refractivity contribution in [3.05, 3.63) is 34.5 Å². The summed E-state index contributed by atoms with van der Waals surface area (Å²) in [6, 6.07) is 1.64. The molecule has 0 aliphatic heterocycles. The van der Waals surface area contributed by atoms with Crippen LogP contribution in [-0.2, 0) is 0 Å². The normalized spacial score (nSPS) is 12.4. The Bertz CT molecular complexity index is 380. The second-order valence-corrected chi connectivity index (χ2v) is 2.88. The maximum Gasteiger partial charge on any atom is 0.185 e. The van der Waals surface area contributed by atoms with Gasteiger partial charge in [-0.25, -0.2) is 4.98 Å². The van der Waals surface area contributed by atoms with Gasteiger partial charge in [0.15, 0.2) is 5.69 Å². The van der Waals surface area contributed by atoms with E-state index in [9.17, 15) is 0 Å². The van der Waals surface area contributed by atoms with Gasteiger partial charge in [0.25, 0.3) is 0 Å². The second-order valence-electron chi connectivity index (χ2n) is 2.47. The molecule has 0 saturated heterocycles. The minimum atomic E-state index is 0.443. The van der Waals surface area contributed by atoms with Crippen molar-refractivity contribution in [2.45, 2.75) is 0 Å². The van der Waals surface area contributed by atoms with Crippen molar-refractivity contribution in [2.24, 2.45) is 0 Å². The number of fused-ring (bicyclic) bond motifs is 1. The van der Waals surface area contributed by atoms with Gasteiger partial charge in [-0.1, -0.05) is 11.6 Å². The van der Waals surface area contributed by atoms with Gasteiger partial charge in [-0.3, -0.25) is 0 Å². The summed E-state index contributed by atoms with van der Waals surface area (Å²) in [5.74, 6) is 0.443. The van der Waals surface area contributed by atoms with Crippen LogP contribution in [0.2, 0.25) is 5.02 Å². The molecule has 0 atom stereocenters. The number of nitrogens with two attached hydrogens (primary N) is 1. The number of aromatic nitrogens is 1. The summed E-state index contributed by atoms with van der Waals surface area (Å²) in [7, 11) is 0. The van der Waals surface area contributed by atoms with Crippen molar-refractivity contribution in [2.75, 3.05) is 5.73 Å². The molecule has 0 saturated carbocycles. The quantitative estimate of drug-likeness (QED) is 0.617. The number of allylic oxidation sites excluding steroid dienone is 2. The fraction of sp³-hybridized carbons (Fsp3) is 0. The Kier molecular flexibility index (Phi) is 1.58. The molecule has 0 radical (unpaired) electrons. The van der Waals surface area contributed by atoms with Crippen LogP contribution in [0.3, 0.4) is 0 Å². The molecule has 2 rings (SSSR count). The van der Waals surface area contributed by atoms with E-state index in [1.807, 2.05) is 6.08 Å². The molecule has 0 bridgehead atoms. The van der Waals surface area contributed by atoms with Crippen LogP contribution in [0, 0.1) is 6.08 Å². The SMILES string of the molecule is Nc1cc(Cl)c2c(n1)C=C[C+]=C2. The molecule has 2 nitrogen and oxygen atoms in total. The van der Waals surface area contributed by atoms with Crippen LogP contribution in [0.5, 0.6) is 0 Å². The first-order valence-corrected chi connectivity index (χ1v) is 3.87. The van der Waals surface area contributed by atoms with E-state index in [0.29, 0.717) is 10.8 Å². The second kappa shape index (κ2) is 2.59. The van der Waals surface area contributed by atoms with Gasteiger partial charge in [-0.2, -0.15) is 0 Å². The minimum Gasteiger partial charge on any atom is -0.384 e.